The first-order valence-corrected chi connectivity index (χ1v) is 7.46. The standard InChI is InChI=1S/C16H24FNO/c1-2-19-16-9-8-14(12-15(16)17)18-11-10-13-6-4-3-5-7-13/h8-9,12-13,18H,2-7,10-11H2,1H3. The van der Waals surface area contributed by atoms with Gasteiger partial charge in [0.2, 0.25) is 0 Å². The Hall–Kier alpha value is -1.25. The molecule has 1 aliphatic rings. The minimum absolute atomic E-state index is 0.287. The third-order valence-electron chi connectivity index (χ3n) is 3.84. The lowest BCUT2D eigenvalue weighted by atomic mass is 9.87. The van der Waals surface area contributed by atoms with E-state index in [0.717, 1.165) is 18.2 Å². The minimum Gasteiger partial charge on any atom is -0.491 e. The highest BCUT2D eigenvalue weighted by atomic mass is 19.1. The van der Waals surface area contributed by atoms with Crippen molar-refractivity contribution in [3.63, 3.8) is 0 Å². The van der Waals surface area contributed by atoms with E-state index in [4.69, 9.17) is 4.74 Å². The average molecular weight is 265 g/mol. The zero-order chi connectivity index (χ0) is 13.5. The van der Waals surface area contributed by atoms with Crippen LogP contribution in [0.1, 0.15) is 45.4 Å². The minimum atomic E-state index is -0.287. The van der Waals surface area contributed by atoms with Crippen LogP contribution in [0, 0.1) is 11.7 Å². The van der Waals surface area contributed by atoms with Gasteiger partial charge < -0.3 is 10.1 Å². The van der Waals surface area contributed by atoms with Crippen LogP contribution in [-0.2, 0) is 0 Å². The van der Waals surface area contributed by atoms with E-state index >= 15 is 0 Å². The molecule has 2 nitrogen and oxygen atoms in total. The second-order valence-electron chi connectivity index (χ2n) is 5.30. The van der Waals surface area contributed by atoms with Gasteiger partial charge in [-0.2, -0.15) is 0 Å². The molecule has 0 spiro atoms. The zero-order valence-electron chi connectivity index (χ0n) is 11.8. The smallest absolute Gasteiger partial charge is 0.167 e. The van der Waals surface area contributed by atoms with Gasteiger partial charge in [0.25, 0.3) is 0 Å². The van der Waals surface area contributed by atoms with Crippen LogP contribution in [0.2, 0.25) is 0 Å². The number of nitrogens with one attached hydrogen (secondary N) is 1. The third-order valence-corrected chi connectivity index (χ3v) is 3.84. The highest BCUT2D eigenvalue weighted by Crippen LogP contribution is 2.26. The maximum absolute atomic E-state index is 13.7. The van der Waals surface area contributed by atoms with Crippen LogP contribution in [0.5, 0.6) is 5.75 Å². The van der Waals surface area contributed by atoms with Crippen molar-refractivity contribution in [1.29, 1.82) is 0 Å². The van der Waals surface area contributed by atoms with Crippen LogP contribution in [0.3, 0.4) is 0 Å². The molecule has 1 aromatic carbocycles. The first kappa shape index (κ1) is 14.2. The maximum Gasteiger partial charge on any atom is 0.167 e. The van der Waals surface area contributed by atoms with Gasteiger partial charge in [0, 0.05) is 18.3 Å². The summed E-state index contributed by atoms with van der Waals surface area (Å²) in [5, 5.41) is 3.31. The molecule has 0 amide bonds. The fourth-order valence-electron chi connectivity index (χ4n) is 2.78. The highest BCUT2D eigenvalue weighted by Gasteiger charge is 2.12. The fraction of sp³-hybridized carbons (Fsp3) is 0.625. The largest absolute Gasteiger partial charge is 0.491 e. The van der Waals surface area contributed by atoms with Gasteiger partial charge in [0.15, 0.2) is 11.6 Å². The van der Waals surface area contributed by atoms with Crippen LogP contribution in [0.4, 0.5) is 10.1 Å². The summed E-state index contributed by atoms with van der Waals surface area (Å²) in [4.78, 5) is 0. The van der Waals surface area contributed by atoms with Crippen molar-refractivity contribution < 1.29 is 9.13 Å². The van der Waals surface area contributed by atoms with Crippen molar-refractivity contribution in [2.24, 2.45) is 5.92 Å². The van der Waals surface area contributed by atoms with Crippen molar-refractivity contribution >= 4 is 5.69 Å². The number of anilines is 1. The Morgan fingerprint density at radius 1 is 1.26 bits per heavy atom. The molecule has 0 aromatic heterocycles. The quantitative estimate of drug-likeness (QED) is 0.811. The fourth-order valence-corrected chi connectivity index (χ4v) is 2.78. The normalized spacial score (nSPS) is 16.3. The first-order valence-electron chi connectivity index (χ1n) is 7.46. The summed E-state index contributed by atoms with van der Waals surface area (Å²) >= 11 is 0. The van der Waals surface area contributed by atoms with E-state index in [1.54, 1.807) is 6.07 Å². The molecule has 0 unspecified atom stereocenters. The molecule has 1 aliphatic carbocycles. The molecular weight excluding hydrogens is 241 g/mol. The predicted molar refractivity (Wildman–Crippen MR) is 77.3 cm³/mol. The Labute approximate surface area is 115 Å². The second kappa shape index (κ2) is 7.37. The van der Waals surface area contributed by atoms with Gasteiger partial charge in [-0.25, -0.2) is 4.39 Å². The summed E-state index contributed by atoms with van der Waals surface area (Å²) < 4.78 is 18.8. The van der Waals surface area contributed by atoms with Crippen LogP contribution in [-0.4, -0.2) is 13.2 Å². The molecule has 0 atom stereocenters. The van der Waals surface area contributed by atoms with Crippen LogP contribution >= 0.6 is 0 Å². The number of halogens is 1. The van der Waals surface area contributed by atoms with E-state index in [1.807, 2.05) is 13.0 Å². The summed E-state index contributed by atoms with van der Waals surface area (Å²) in [6.07, 6.45) is 8.06. The molecule has 0 bridgehead atoms. The van der Waals surface area contributed by atoms with Crippen molar-refractivity contribution in [1.82, 2.24) is 0 Å². The van der Waals surface area contributed by atoms with E-state index < -0.39 is 0 Å². The summed E-state index contributed by atoms with van der Waals surface area (Å²) in [5.41, 5.74) is 0.844. The van der Waals surface area contributed by atoms with E-state index in [2.05, 4.69) is 5.32 Å². The molecule has 3 heteroatoms. The van der Waals surface area contributed by atoms with Gasteiger partial charge in [-0.05, 0) is 31.4 Å². The number of ether oxygens (including phenoxy) is 1. The molecule has 1 fully saturated rings. The number of hydrogen-bond acceptors (Lipinski definition) is 2. The van der Waals surface area contributed by atoms with Gasteiger partial charge in [0.1, 0.15) is 0 Å². The lowest BCUT2D eigenvalue weighted by molar-refractivity contribution is 0.321. The van der Waals surface area contributed by atoms with Crippen LogP contribution < -0.4 is 10.1 Å². The molecule has 0 saturated heterocycles. The Bertz CT molecular complexity index is 388. The van der Waals surface area contributed by atoms with E-state index in [1.165, 1.54) is 44.6 Å². The Morgan fingerprint density at radius 2 is 2.05 bits per heavy atom. The summed E-state index contributed by atoms with van der Waals surface area (Å²) in [7, 11) is 0. The number of hydrogen-bond donors (Lipinski definition) is 1. The van der Waals surface area contributed by atoms with Crippen LogP contribution in [0.15, 0.2) is 18.2 Å². The van der Waals surface area contributed by atoms with Crippen molar-refractivity contribution in [3.05, 3.63) is 24.0 Å². The summed E-state index contributed by atoms with van der Waals surface area (Å²) in [6.45, 7) is 3.28. The van der Waals surface area contributed by atoms with Crippen molar-refractivity contribution in [2.45, 2.75) is 45.4 Å². The number of rotatable bonds is 6. The Balaban J connectivity index is 1.77. The maximum atomic E-state index is 13.7. The summed E-state index contributed by atoms with van der Waals surface area (Å²) in [6, 6.07) is 5.10. The molecule has 106 valence electrons. The molecule has 1 aromatic rings. The molecule has 1 N–H and O–H groups in total. The van der Waals surface area contributed by atoms with Gasteiger partial charge in [-0.1, -0.05) is 32.1 Å². The second-order valence-corrected chi connectivity index (χ2v) is 5.30. The molecule has 1 saturated carbocycles. The van der Waals surface area contributed by atoms with E-state index in [-0.39, 0.29) is 5.82 Å². The van der Waals surface area contributed by atoms with E-state index in [0.29, 0.717) is 12.4 Å². The van der Waals surface area contributed by atoms with Crippen LogP contribution in [0.25, 0.3) is 0 Å². The Morgan fingerprint density at radius 3 is 2.74 bits per heavy atom. The molecule has 19 heavy (non-hydrogen) atoms. The molecule has 0 heterocycles. The Kier molecular flexibility index (Phi) is 5.49. The van der Waals surface area contributed by atoms with Gasteiger partial charge in [-0.3, -0.25) is 0 Å². The predicted octanol–water partition coefficient (Wildman–Crippen LogP) is 4.61. The first-order chi connectivity index (χ1) is 9.29. The topological polar surface area (TPSA) is 21.3 Å². The highest BCUT2D eigenvalue weighted by molar-refractivity contribution is 5.47. The molecule has 0 aliphatic heterocycles. The van der Waals surface area contributed by atoms with Crippen molar-refractivity contribution in [2.75, 3.05) is 18.5 Å². The SMILES string of the molecule is CCOc1ccc(NCCC2CCCCC2)cc1F. The van der Waals surface area contributed by atoms with Gasteiger partial charge in [-0.15, -0.1) is 0 Å². The molecular formula is C16H24FNO. The van der Waals surface area contributed by atoms with Gasteiger partial charge >= 0.3 is 0 Å². The van der Waals surface area contributed by atoms with Gasteiger partial charge in [0.05, 0.1) is 6.61 Å². The average Bonchev–Trinajstić information content (AvgIpc) is 2.43. The molecule has 0 radical (unpaired) electrons. The van der Waals surface area contributed by atoms with Crippen molar-refractivity contribution in [3.8, 4) is 5.75 Å². The molecule has 2 rings (SSSR count). The summed E-state index contributed by atoms with van der Waals surface area (Å²) in [5.74, 6) is 0.902. The third kappa shape index (κ3) is 4.41. The lowest BCUT2D eigenvalue weighted by Crippen LogP contribution is -2.12. The van der Waals surface area contributed by atoms with E-state index in [9.17, 15) is 4.39 Å². The lowest BCUT2D eigenvalue weighted by Gasteiger charge is -2.21. The zero-order valence-corrected chi connectivity index (χ0v) is 11.8. The monoisotopic (exact) mass is 265 g/mol. The number of benzene rings is 1.